The van der Waals surface area contributed by atoms with Crippen LogP contribution in [0.1, 0.15) is 58.4 Å². The van der Waals surface area contributed by atoms with E-state index in [1.807, 2.05) is 24.3 Å². The minimum atomic E-state index is -3.67. The second-order valence-corrected chi connectivity index (χ2v) is 12.6. The molecule has 0 unspecified atom stereocenters. The lowest BCUT2D eigenvalue weighted by molar-refractivity contribution is -0.129. The second-order valence-electron chi connectivity index (χ2n) is 9.58. The molecule has 1 aromatic heterocycles. The third kappa shape index (κ3) is 7.16. The molecule has 8 heteroatoms. The minimum absolute atomic E-state index is 0.0876. The largest absolute Gasteiger partial charge is 0.289 e. The molecule has 0 saturated heterocycles. The van der Waals surface area contributed by atoms with E-state index in [9.17, 15) is 13.2 Å². The maximum Gasteiger partial charge on any atom is 0.273 e. The Bertz CT molecular complexity index is 1180. The van der Waals surface area contributed by atoms with E-state index >= 15 is 0 Å². The molecule has 2 aromatic carbocycles. The standard InChI is InChI=1S/C27H34N2O4S2/c1-27(2,3)23-15-11-21(12-16-23)22-13-17-24(18-14-22)29(35(32,33)26-10-8-20-34-26)19-7-5-4-6-9-25(30)28-31/h8,10-18,20,31H,4-7,9,19H2,1-3H3,(H,28,30). The molecule has 0 atom stereocenters. The topological polar surface area (TPSA) is 86.7 Å². The van der Waals surface area contributed by atoms with Crippen LogP contribution >= 0.6 is 11.3 Å². The molecule has 6 nitrogen and oxygen atoms in total. The van der Waals surface area contributed by atoms with Crippen molar-refractivity contribution in [2.45, 2.75) is 62.5 Å². The molecular weight excluding hydrogens is 480 g/mol. The average Bonchev–Trinajstić information content (AvgIpc) is 3.39. The zero-order valence-corrected chi connectivity index (χ0v) is 22.2. The molecular formula is C27H34N2O4S2. The van der Waals surface area contributed by atoms with Crippen LogP contribution in [-0.2, 0) is 20.2 Å². The van der Waals surface area contributed by atoms with Crippen LogP contribution in [0.15, 0.2) is 70.3 Å². The number of nitrogens with zero attached hydrogens (tertiary/aromatic N) is 1. The van der Waals surface area contributed by atoms with Crippen LogP contribution in [0.25, 0.3) is 11.1 Å². The van der Waals surface area contributed by atoms with Gasteiger partial charge >= 0.3 is 0 Å². The van der Waals surface area contributed by atoms with Gasteiger partial charge in [0.2, 0.25) is 5.91 Å². The van der Waals surface area contributed by atoms with Gasteiger partial charge < -0.3 is 0 Å². The van der Waals surface area contributed by atoms with E-state index < -0.39 is 15.9 Å². The second kappa shape index (κ2) is 11.8. The molecule has 0 aliphatic carbocycles. The van der Waals surface area contributed by atoms with Gasteiger partial charge in [-0.25, -0.2) is 13.9 Å². The van der Waals surface area contributed by atoms with E-state index in [4.69, 9.17) is 5.21 Å². The van der Waals surface area contributed by atoms with Crippen molar-refractivity contribution in [1.82, 2.24) is 5.48 Å². The summed E-state index contributed by atoms with van der Waals surface area (Å²) in [6.07, 6.45) is 3.14. The minimum Gasteiger partial charge on any atom is -0.289 e. The van der Waals surface area contributed by atoms with E-state index in [0.29, 0.717) is 29.3 Å². The Morgan fingerprint density at radius 2 is 1.51 bits per heavy atom. The number of amides is 1. The molecule has 35 heavy (non-hydrogen) atoms. The third-order valence-electron chi connectivity index (χ3n) is 5.92. The van der Waals surface area contributed by atoms with Crippen LogP contribution in [0.3, 0.4) is 0 Å². The van der Waals surface area contributed by atoms with Gasteiger partial charge in [-0.15, -0.1) is 11.3 Å². The number of sulfonamides is 1. The molecule has 2 N–H and O–H groups in total. The maximum absolute atomic E-state index is 13.4. The summed E-state index contributed by atoms with van der Waals surface area (Å²) >= 11 is 1.21. The van der Waals surface area contributed by atoms with Crippen molar-refractivity contribution >= 4 is 33.0 Å². The van der Waals surface area contributed by atoms with E-state index in [1.165, 1.54) is 21.2 Å². The van der Waals surface area contributed by atoms with Crippen LogP contribution in [0.5, 0.6) is 0 Å². The van der Waals surface area contributed by atoms with Gasteiger partial charge in [-0.3, -0.25) is 14.3 Å². The Kier molecular flexibility index (Phi) is 9.10. The first kappa shape index (κ1) is 26.9. The van der Waals surface area contributed by atoms with Crippen molar-refractivity contribution < 1.29 is 18.4 Å². The van der Waals surface area contributed by atoms with Gasteiger partial charge in [-0.05, 0) is 58.5 Å². The van der Waals surface area contributed by atoms with Gasteiger partial charge in [-0.1, -0.05) is 76.1 Å². The third-order valence-corrected chi connectivity index (χ3v) is 9.12. The van der Waals surface area contributed by atoms with Crippen LogP contribution in [0.4, 0.5) is 5.69 Å². The van der Waals surface area contributed by atoms with E-state index in [2.05, 4.69) is 45.0 Å². The Hall–Kier alpha value is -2.68. The molecule has 0 radical (unpaired) electrons. The summed E-state index contributed by atoms with van der Waals surface area (Å²) in [5.74, 6) is -0.403. The fraction of sp³-hybridized carbons (Fsp3) is 0.370. The molecule has 1 amide bonds. The summed E-state index contributed by atoms with van der Waals surface area (Å²) in [5, 5.41) is 10.3. The summed E-state index contributed by atoms with van der Waals surface area (Å²) in [5.41, 5.74) is 5.74. The van der Waals surface area contributed by atoms with Crippen molar-refractivity contribution in [1.29, 1.82) is 0 Å². The fourth-order valence-electron chi connectivity index (χ4n) is 3.84. The number of hydroxylamine groups is 1. The highest BCUT2D eigenvalue weighted by Crippen LogP contribution is 2.31. The van der Waals surface area contributed by atoms with Gasteiger partial charge in [0.25, 0.3) is 10.0 Å². The zero-order valence-electron chi connectivity index (χ0n) is 20.5. The predicted octanol–water partition coefficient (Wildman–Crippen LogP) is 6.36. The van der Waals surface area contributed by atoms with Crippen molar-refractivity contribution in [2.75, 3.05) is 10.8 Å². The molecule has 0 aliphatic heterocycles. The number of unbranched alkanes of at least 4 members (excludes halogenated alkanes) is 3. The highest BCUT2D eigenvalue weighted by molar-refractivity contribution is 7.94. The van der Waals surface area contributed by atoms with Gasteiger partial charge in [0.05, 0.1) is 5.69 Å². The molecule has 1 heterocycles. The summed E-state index contributed by atoms with van der Waals surface area (Å²) in [6, 6.07) is 19.5. The number of nitrogens with one attached hydrogen (secondary N) is 1. The SMILES string of the molecule is CC(C)(C)c1ccc(-c2ccc(N(CCCCCCC(=O)NO)S(=O)(=O)c3cccs3)cc2)cc1. The van der Waals surface area contributed by atoms with Gasteiger partial charge in [-0.2, -0.15) is 0 Å². The van der Waals surface area contributed by atoms with Crippen LogP contribution in [-0.4, -0.2) is 26.1 Å². The first-order valence-electron chi connectivity index (χ1n) is 11.8. The summed E-state index contributed by atoms with van der Waals surface area (Å²) in [4.78, 5) is 11.1. The summed E-state index contributed by atoms with van der Waals surface area (Å²) < 4.78 is 28.6. The van der Waals surface area contributed by atoms with Crippen molar-refractivity contribution in [3.05, 3.63) is 71.6 Å². The molecule has 188 valence electrons. The number of carbonyl (C=O) groups is 1. The monoisotopic (exact) mass is 514 g/mol. The average molecular weight is 515 g/mol. The van der Waals surface area contributed by atoms with Crippen LogP contribution < -0.4 is 9.79 Å². The van der Waals surface area contributed by atoms with Gasteiger partial charge in [0, 0.05) is 13.0 Å². The number of anilines is 1. The normalized spacial score (nSPS) is 11.9. The fourth-order valence-corrected chi connectivity index (χ4v) is 6.45. The van der Waals surface area contributed by atoms with Gasteiger partial charge in [0.15, 0.2) is 0 Å². The number of rotatable bonds is 11. The molecule has 3 rings (SSSR count). The smallest absolute Gasteiger partial charge is 0.273 e. The first-order valence-corrected chi connectivity index (χ1v) is 14.1. The number of carbonyl (C=O) groups excluding carboxylic acids is 1. The van der Waals surface area contributed by atoms with Gasteiger partial charge in [0.1, 0.15) is 4.21 Å². The molecule has 3 aromatic rings. The zero-order chi connectivity index (χ0) is 25.5. The Morgan fingerprint density at radius 3 is 2.06 bits per heavy atom. The highest BCUT2D eigenvalue weighted by Gasteiger charge is 2.25. The Balaban J connectivity index is 1.75. The van der Waals surface area contributed by atoms with E-state index in [1.54, 1.807) is 23.0 Å². The molecule has 0 spiro atoms. The molecule has 0 fully saturated rings. The lowest BCUT2D eigenvalue weighted by atomic mass is 9.86. The maximum atomic E-state index is 13.4. The first-order chi connectivity index (χ1) is 16.6. The number of hydrogen-bond donors (Lipinski definition) is 2. The number of benzene rings is 2. The number of hydrogen-bond acceptors (Lipinski definition) is 5. The van der Waals surface area contributed by atoms with Crippen molar-refractivity contribution in [3.63, 3.8) is 0 Å². The van der Waals surface area contributed by atoms with Crippen molar-refractivity contribution in [2.24, 2.45) is 0 Å². The lowest BCUT2D eigenvalue weighted by Crippen LogP contribution is -2.31. The Morgan fingerprint density at radius 1 is 0.914 bits per heavy atom. The van der Waals surface area contributed by atoms with Crippen molar-refractivity contribution in [3.8, 4) is 11.1 Å². The number of thiophene rings is 1. The Labute approximate surface area is 212 Å². The molecule has 0 bridgehead atoms. The quantitative estimate of drug-likeness (QED) is 0.177. The van der Waals surface area contributed by atoms with E-state index in [-0.39, 0.29) is 11.8 Å². The van der Waals surface area contributed by atoms with Crippen LogP contribution in [0, 0.1) is 0 Å². The highest BCUT2D eigenvalue weighted by atomic mass is 32.2. The summed E-state index contributed by atoms with van der Waals surface area (Å²) in [6.45, 7) is 6.91. The van der Waals surface area contributed by atoms with E-state index in [0.717, 1.165) is 24.0 Å². The van der Waals surface area contributed by atoms with Crippen LogP contribution in [0.2, 0.25) is 0 Å². The molecule has 0 aliphatic rings. The predicted molar refractivity (Wildman–Crippen MR) is 142 cm³/mol. The molecule has 0 saturated carbocycles. The lowest BCUT2D eigenvalue weighted by Gasteiger charge is -2.24. The summed E-state index contributed by atoms with van der Waals surface area (Å²) in [7, 11) is -3.67.